The summed E-state index contributed by atoms with van der Waals surface area (Å²) in [6.07, 6.45) is 2.26. The molecule has 158 valence electrons. The summed E-state index contributed by atoms with van der Waals surface area (Å²) in [5.41, 5.74) is 3.93. The summed E-state index contributed by atoms with van der Waals surface area (Å²) >= 11 is 0. The minimum atomic E-state index is -0.222. The van der Waals surface area contributed by atoms with Crippen LogP contribution < -0.4 is 10.1 Å². The van der Waals surface area contributed by atoms with Gasteiger partial charge >= 0.3 is 0 Å². The molecule has 1 saturated carbocycles. The van der Waals surface area contributed by atoms with Crippen LogP contribution in [0.5, 0.6) is 5.75 Å². The Morgan fingerprint density at radius 2 is 1.87 bits per heavy atom. The molecule has 4 rings (SSSR count). The fraction of sp³-hybridized carbons (Fsp3) is 0.458. The van der Waals surface area contributed by atoms with Crippen molar-refractivity contribution in [2.75, 3.05) is 7.11 Å². The van der Waals surface area contributed by atoms with Crippen molar-refractivity contribution >= 4 is 16.9 Å². The molecule has 1 N–H and O–H groups in total. The Bertz CT molecular complexity index is 1090. The highest BCUT2D eigenvalue weighted by Gasteiger charge is 2.34. The second kappa shape index (κ2) is 7.42. The molecule has 1 aliphatic carbocycles. The van der Waals surface area contributed by atoms with E-state index >= 15 is 0 Å². The molecule has 0 aliphatic heterocycles. The van der Waals surface area contributed by atoms with Gasteiger partial charge in [-0.1, -0.05) is 12.1 Å². The van der Waals surface area contributed by atoms with E-state index in [0.29, 0.717) is 11.5 Å². The molecule has 1 aromatic carbocycles. The summed E-state index contributed by atoms with van der Waals surface area (Å²) < 4.78 is 7.20. The van der Waals surface area contributed by atoms with Crippen LogP contribution in [0.15, 0.2) is 30.3 Å². The molecule has 2 aromatic heterocycles. The van der Waals surface area contributed by atoms with E-state index in [2.05, 4.69) is 26.1 Å². The summed E-state index contributed by atoms with van der Waals surface area (Å²) in [6.45, 7) is 10.1. The first-order chi connectivity index (χ1) is 14.2. The van der Waals surface area contributed by atoms with Gasteiger partial charge < -0.3 is 10.1 Å². The number of nitrogens with one attached hydrogen (secondary N) is 1. The maximum atomic E-state index is 13.5. The SMILES string of the molecule is COc1ccc(C(NC(=O)c2cc(C)nc3c2c(C)nn3C(C)(C)C)C2CC2)cc1. The van der Waals surface area contributed by atoms with E-state index in [4.69, 9.17) is 14.8 Å². The normalized spacial score (nSPS) is 15.3. The lowest BCUT2D eigenvalue weighted by Gasteiger charge is -2.21. The Morgan fingerprint density at radius 3 is 2.43 bits per heavy atom. The smallest absolute Gasteiger partial charge is 0.252 e. The maximum absolute atomic E-state index is 13.5. The molecule has 30 heavy (non-hydrogen) atoms. The molecule has 6 heteroatoms. The van der Waals surface area contributed by atoms with Crippen LogP contribution >= 0.6 is 0 Å². The molecular weight excluding hydrogens is 376 g/mol. The van der Waals surface area contributed by atoms with Gasteiger partial charge in [-0.2, -0.15) is 5.10 Å². The van der Waals surface area contributed by atoms with E-state index in [1.165, 1.54) is 0 Å². The molecule has 0 spiro atoms. The predicted molar refractivity (Wildman–Crippen MR) is 118 cm³/mol. The van der Waals surface area contributed by atoms with Gasteiger partial charge in [-0.3, -0.25) is 4.79 Å². The molecule has 6 nitrogen and oxygen atoms in total. The number of fused-ring (bicyclic) bond motifs is 1. The first-order valence-corrected chi connectivity index (χ1v) is 10.5. The predicted octanol–water partition coefficient (Wildman–Crippen LogP) is 4.69. The van der Waals surface area contributed by atoms with Crippen molar-refractivity contribution in [1.29, 1.82) is 0 Å². The number of hydrogen-bond acceptors (Lipinski definition) is 4. The van der Waals surface area contributed by atoms with E-state index in [1.807, 2.05) is 48.9 Å². The third-order valence-electron chi connectivity index (χ3n) is 5.68. The number of carbonyl (C=O) groups excluding carboxylic acids is 1. The lowest BCUT2D eigenvalue weighted by molar-refractivity contribution is 0.0933. The lowest BCUT2D eigenvalue weighted by atomic mass is 10.0. The van der Waals surface area contributed by atoms with Crippen molar-refractivity contribution in [2.24, 2.45) is 5.92 Å². The zero-order chi connectivity index (χ0) is 21.6. The highest BCUT2D eigenvalue weighted by Crippen LogP contribution is 2.41. The standard InChI is InChI=1S/C24H30N4O2/c1-14-13-19(20-15(2)27-28(22(20)25-14)24(3,4)5)23(29)26-21(16-7-8-16)17-9-11-18(30-6)12-10-17/h9-13,16,21H,7-8H2,1-6H3,(H,26,29). The molecule has 0 bridgehead atoms. The highest BCUT2D eigenvalue weighted by molar-refractivity contribution is 6.06. The molecule has 3 aromatic rings. The van der Waals surface area contributed by atoms with Crippen LogP contribution in [0.4, 0.5) is 0 Å². The number of aryl methyl sites for hydroxylation is 2. The zero-order valence-electron chi connectivity index (χ0n) is 18.6. The number of carbonyl (C=O) groups is 1. The molecule has 1 atom stereocenters. The molecule has 1 aliphatic rings. The van der Waals surface area contributed by atoms with Crippen LogP contribution in [0.3, 0.4) is 0 Å². The average molecular weight is 407 g/mol. The number of rotatable bonds is 5. The second-order valence-electron chi connectivity index (χ2n) is 9.24. The molecular formula is C24H30N4O2. The van der Waals surface area contributed by atoms with Crippen molar-refractivity contribution in [2.45, 2.75) is 59.0 Å². The highest BCUT2D eigenvalue weighted by atomic mass is 16.5. The van der Waals surface area contributed by atoms with Gasteiger partial charge in [-0.15, -0.1) is 0 Å². The number of pyridine rings is 1. The summed E-state index contributed by atoms with van der Waals surface area (Å²) in [6, 6.07) is 9.84. The average Bonchev–Trinajstić information content (AvgIpc) is 3.48. The molecule has 1 amide bonds. The number of aromatic nitrogens is 3. The van der Waals surface area contributed by atoms with E-state index in [1.54, 1.807) is 7.11 Å². The van der Waals surface area contributed by atoms with Crippen LogP contribution in [0.2, 0.25) is 0 Å². The molecule has 0 radical (unpaired) electrons. The summed E-state index contributed by atoms with van der Waals surface area (Å²) in [5.74, 6) is 1.21. The van der Waals surface area contributed by atoms with Crippen LogP contribution in [0, 0.1) is 19.8 Å². The van der Waals surface area contributed by atoms with E-state index in [0.717, 1.165) is 46.6 Å². The summed E-state index contributed by atoms with van der Waals surface area (Å²) in [5, 5.41) is 8.84. The van der Waals surface area contributed by atoms with Crippen LogP contribution in [-0.2, 0) is 5.54 Å². The van der Waals surface area contributed by atoms with Gasteiger partial charge in [0.2, 0.25) is 0 Å². The monoisotopic (exact) mass is 406 g/mol. The number of nitrogens with zero attached hydrogens (tertiary/aromatic N) is 3. The van der Waals surface area contributed by atoms with Crippen molar-refractivity contribution in [3.05, 3.63) is 52.8 Å². The van der Waals surface area contributed by atoms with Gasteiger partial charge in [-0.25, -0.2) is 9.67 Å². The Kier molecular flexibility index (Phi) is 5.04. The van der Waals surface area contributed by atoms with Gasteiger partial charge in [0.05, 0.1) is 35.3 Å². The topological polar surface area (TPSA) is 69.0 Å². The van der Waals surface area contributed by atoms with Gasteiger partial charge in [0.15, 0.2) is 5.65 Å². The first kappa shape index (κ1) is 20.4. The number of ether oxygens (including phenoxy) is 1. The quantitative estimate of drug-likeness (QED) is 0.667. The Hall–Kier alpha value is -2.89. The fourth-order valence-electron chi connectivity index (χ4n) is 3.99. The van der Waals surface area contributed by atoms with Crippen LogP contribution in [0.25, 0.3) is 11.0 Å². The Labute approximate surface area is 177 Å². The van der Waals surface area contributed by atoms with Crippen molar-refractivity contribution in [1.82, 2.24) is 20.1 Å². The zero-order valence-corrected chi connectivity index (χ0v) is 18.6. The third kappa shape index (κ3) is 3.78. The van der Waals surface area contributed by atoms with Crippen LogP contribution in [0.1, 0.15) is 67.0 Å². The summed E-state index contributed by atoms with van der Waals surface area (Å²) in [7, 11) is 1.66. The summed E-state index contributed by atoms with van der Waals surface area (Å²) in [4.78, 5) is 18.2. The number of hydrogen-bond donors (Lipinski definition) is 1. The van der Waals surface area contributed by atoms with Crippen molar-refractivity contribution < 1.29 is 9.53 Å². The Morgan fingerprint density at radius 1 is 1.20 bits per heavy atom. The van der Waals surface area contributed by atoms with Gasteiger partial charge in [0.25, 0.3) is 5.91 Å². The number of benzene rings is 1. The van der Waals surface area contributed by atoms with Gasteiger partial charge in [0.1, 0.15) is 5.75 Å². The van der Waals surface area contributed by atoms with Gasteiger partial charge in [0, 0.05) is 5.69 Å². The number of methoxy groups -OCH3 is 1. The maximum Gasteiger partial charge on any atom is 0.252 e. The van der Waals surface area contributed by atoms with E-state index in [-0.39, 0.29) is 17.5 Å². The number of amides is 1. The van der Waals surface area contributed by atoms with Crippen molar-refractivity contribution in [3.63, 3.8) is 0 Å². The van der Waals surface area contributed by atoms with Crippen LogP contribution in [-0.4, -0.2) is 27.8 Å². The van der Waals surface area contributed by atoms with E-state index in [9.17, 15) is 4.79 Å². The van der Waals surface area contributed by atoms with E-state index < -0.39 is 0 Å². The molecule has 1 fully saturated rings. The Balaban J connectivity index is 1.72. The fourth-order valence-corrected chi connectivity index (χ4v) is 3.99. The molecule has 0 saturated heterocycles. The molecule has 2 heterocycles. The minimum Gasteiger partial charge on any atom is -0.497 e. The lowest BCUT2D eigenvalue weighted by Crippen LogP contribution is -2.30. The first-order valence-electron chi connectivity index (χ1n) is 10.5. The second-order valence-corrected chi connectivity index (χ2v) is 9.24. The minimum absolute atomic E-state index is 0.00936. The van der Waals surface area contributed by atoms with Crippen molar-refractivity contribution in [3.8, 4) is 5.75 Å². The molecule has 1 unspecified atom stereocenters. The largest absolute Gasteiger partial charge is 0.497 e. The van der Waals surface area contributed by atoms with Gasteiger partial charge in [-0.05, 0) is 77.1 Å². The third-order valence-corrected chi connectivity index (χ3v) is 5.68.